The standard InChI is InChI=1S/C15H19NO3/c1-10-6-13-12(8-15(18)19)9-16(4-3-5-17)14(13)7-11(10)2/h6-7,9,17H,3-5,8H2,1-2H3,(H,18,19). The number of carbonyl (C=O) groups is 1. The van der Waals surface area contributed by atoms with E-state index in [4.69, 9.17) is 10.2 Å². The smallest absolute Gasteiger partial charge is 0.307 e. The lowest BCUT2D eigenvalue weighted by molar-refractivity contribution is -0.136. The van der Waals surface area contributed by atoms with Gasteiger partial charge in [0.05, 0.1) is 6.42 Å². The highest BCUT2D eigenvalue weighted by Crippen LogP contribution is 2.25. The second kappa shape index (κ2) is 5.45. The maximum atomic E-state index is 10.9. The molecule has 0 aliphatic carbocycles. The third-order valence-corrected chi connectivity index (χ3v) is 3.48. The summed E-state index contributed by atoms with van der Waals surface area (Å²) in [7, 11) is 0. The molecule has 0 spiro atoms. The third kappa shape index (κ3) is 2.79. The number of carboxylic acid groups (broad SMARTS) is 1. The minimum Gasteiger partial charge on any atom is -0.481 e. The van der Waals surface area contributed by atoms with Gasteiger partial charge in [-0.1, -0.05) is 0 Å². The zero-order valence-corrected chi connectivity index (χ0v) is 11.3. The summed E-state index contributed by atoms with van der Waals surface area (Å²) in [6.07, 6.45) is 2.60. The van der Waals surface area contributed by atoms with Crippen LogP contribution >= 0.6 is 0 Å². The molecule has 2 aromatic rings. The van der Waals surface area contributed by atoms with Crippen molar-refractivity contribution >= 4 is 16.9 Å². The van der Waals surface area contributed by atoms with E-state index < -0.39 is 5.97 Å². The van der Waals surface area contributed by atoms with Crippen molar-refractivity contribution < 1.29 is 15.0 Å². The number of aliphatic hydroxyl groups excluding tert-OH is 1. The number of benzene rings is 1. The summed E-state index contributed by atoms with van der Waals surface area (Å²) in [4.78, 5) is 10.9. The van der Waals surface area contributed by atoms with E-state index in [-0.39, 0.29) is 13.0 Å². The Bertz CT molecular complexity index is 613. The second-order valence-corrected chi connectivity index (χ2v) is 4.95. The summed E-state index contributed by atoms with van der Waals surface area (Å²) in [5.41, 5.74) is 4.24. The topological polar surface area (TPSA) is 62.5 Å². The van der Waals surface area contributed by atoms with E-state index >= 15 is 0 Å². The Labute approximate surface area is 112 Å². The zero-order valence-electron chi connectivity index (χ0n) is 11.3. The van der Waals surface area contributed by atoms with Crippen molar-refractivity contribution in [3.8, 4) is 0 Å². The Balaban J connectivity index is 2.55. The van der Waals surface area contributed by atoms with E-state index in [1.54, 1.807) is 0 Å². The summed E-state index contributed by atoms with van der Waals surface area (Å²) in [6, 6.07) is 4.14. The van der Waals surface area contributed by atoms with Crippen molar-refractivity contribution in [1.82, 2.24) is 4.57 Å². The molecule has 0 aliphatic rings. The number of hydrogen-bond acceptors (Lipinski definition) is 2. The summed E-state index contributed by atoms with van der Waals surface area (Å²) >= 11 is 0. The number of hydrogen-bond donors (Lipinski definition) is 2. The summed E-state index contributed by atoms with van der Waals surface area (Å²) in [5, 5.41) is 18.9. The Kier molecular flexibility index (Phi) is 3.90. The molecule has 0 bridgehead atoms. The molecule has 1 aromatic carbocycles. The monoisotopic (exact) mass is 261 g/mol. The number of nitrogens with zero attached hydrogens (tertiary/aromatic N) is 1. The van der Waals surface area contributed by atoms with Gasteiger partial charge in [-0.05, 0) is 49.1 Å². The molecule has 0 amide bonds. The molecule has 0 radical (unpaired) electrons. The van der Waals surface area contributed by atoms with Crippen molar-refractivity contribution in [3.05, 3.63) is 35.0 Å². The fraction of sp³-hybridized carbons (Fsp3) is 0.400. The van der Waals surface area contributed by atoms with E-state index in [9.17, 15) is 4.79 Å². The summed E-state index contributed by atoms with van der Waals surface area (Å²) in [5.74, 6) is -0.820. The molecule has 4 heteroatoms. The molecular formula is C15H19NO3. The minimum atomic E-state index is -0.820. The first-order chi connectivity index (χ1) is 9.02. The lowest BCUT2D eigenvalue weighted by atomic mass is 10.0. The van der Waals surface area contributed by atoms with E-state index in [2.05, 4.69) is 19.1 Å². The van der Waals surface area contributed by atoms with Crippen LogP contribution in [0.3, 0.4) is 0 Å². The number of aliphatic hydroxyl groups is 1. The molecule has 0 fully saturated rings. The van der Waals surface area contributed by atoms with Gasteiger partial charge in [0.15, 0.2) is 0 Å². The zero-order chi connectivity index (χ0) is 14.0. The molecule has 0 unspecified atom stereocenters. The highest BCUT2D eigenvalue weighted by atomic mass is 16.4. The normalized spacial score (nSPS) is 11.1. The Morgan fingerprint density at radius 2 is 1.95 bits per heavy atom. The van der Waals surface area contributed by atoms with Gasteiger partial charge in [-0.15, -0.1) is 0 Å². The number of aryl methyl sites for hydroxylation is 3. The fourth-order valence-corrected chi connectivity index (χ4v) is 2.35. The molecule has 2 rings (SSSR count). The molecule has 0 aliphatic heterocycles. The van der Waals surface area contributed by atoms with Gasteiger partial charge in [0, 0.05) is 30.3 Å². The van der Waals surface area contributed by atoms with Crippen LogP contribution in [-0.2, 0) is 17.8 Å². The van der Waals surface area contributed by atoms with Crippen molar-refractivity contribution in [2.45, 2.75) is 33.2 Å². The molecule has 0 saturated heterocycles. The molecule has 1 heterocycles. The van der Waals surface area contributed by atoms with Crippen LogP contribution in [0.5, 0.6) is 0 Å². The lowest BCUT2D eigenvalue weighted by Crippen LogP contribution is -2.00. The molecule has 1 aromatic heterocycles. The van der Waals surface area contributed by atoms with Crippen molar-refractivity contribution in [1.29, 1.82) is 0 Å². The third-order valence-electron chi connectivity index (χ3n) is 3.48. The van der Waals surface area contributed by atoms with Crippen molar-refractivity contribution in [2.75, 3.05) is 6.61 Å². The van der Waals surface area contributed by atoms with Gasteiger partial charge in [-0.2, -0.15) is 0 Å². The van der Waals surface area contributed by atoms with Crippen LogP contribution in [0.15, 0.2) is 18.3 Å². The van der Waals surface area contributed by atoms with Gasteiger partial charge in [-0.3, -0.25) is 4.79 Å². The Morgan fingerprint density at radius 1 is 1.26 bits per heavy atom. The first-order valence-electron chi connectivity index (χ1n) is 6.44. The quantitative estimate of drug-likeness (QED) is 0.868. The maximum Gasteiger partial charge on any atom is 0.307 e. The van der Waals surface area contributed by atoms with E-state index in [1.807, 2.05) is 17.7 Å². The molecule has 2 N–H and O–H groups in total. The number of fused-ring (bicyclic) bond motifs is 1. The molecule has 102 valence electrons. The first-order valence-corrected chi connectivity index (χ1v) is 6.44. The van der Waals surface area contributed by atoms with Crippen molar-refractivity contribution in [3.63, 3.8) is 0 Å². The van der Waals surface area contributed by atoms with E-state index in [1.165, 1.54) is 11.1 Å². The van der Waals surface area contributed by atoms with Crippen LogP contribution in [0, 0.1) is 13.8 Å². The summed E-state index contributed by atoms with van der Waals surface area (Å²) in [6.45, 7) is 4.92. The Hall–Kier alpha value is -1.81. The highest BCUT2D eigenvalue weighted by molar-refractivity contribution is 5.88. The van der Waals surface area contributed by atoms with Crippen LogP contribution in [0.25, 0.3) is 10.9 Å². The first kappa shape index (κ1) is 13.6. The van der Waals surface area contributed by atoms with Crippen LogP contribution in [0.4, 0.5) is 0 Å². The highest BCUT2D eigenvalue weighted by Gasteiger charge is 2.12. The predicted molar refractivity (Wildman–Crippen MR) is 74.5 cm³/mol. The largest absolute Gasteiger partial charge is 0.481 e. The number of aliphatic carboxylic acids is 1. The predicted octanol–water partition coefficient (Wildman–Crippen LogP) is 2.27. The van der Waals surface area contributed by atoms with E-state index in [0.29, 0.717) is 13.0 Å². The summed E-state index contributed by atoms with van der Waals surface area (Å²) < 4.78 is 2.04. The molecule has 19 heavy (non-hydrogen) atoms. The molecule has 0 saturated carbocycles. The minimum absolute atomic E-state index is 0.0329. The van der Waals surface area contributed by atoms with Gasteiger partial charge in [0.2, 0.25) is 0 Å². The Morgan fingerprint density at radius 3 is 2.58 bits per heavy atom. The van der Waals surface area contributed by atoms with Gasteiger partial charge < -0.3 is 14.8 Å². The molecule has 0 atom stereocenters. The maximum absolute atomic E-state index is 10.9. The average Bonchev–Trinajstić information content (AvgIpc) is 2.65. The van der Waals surface area contributed by atoms with Crippen LogP contribution in [-0.4, -0.2) is 27.4 Å². The lowest BCUT2D eigenvalue weighted by Gasteiger charge is -2.06. The van der Waals surface area contributed by atoms with Crippen LogP contribution < -0.4 is 0 Å². The number of aromatic nitrogens is 1. The van der Waals surface area contributed by atoms with Crippen LogP contribution in [0.2, 0.25) is 0 Å². The fourth-order valence-electron chi connectivity index (χ4n) is 2.35. The molecular weight excluding hydrogens is 242 g/mol. The molecule has 4 nitrogen and oxygen atoms in total. The van der Waals surface area contributed by atoms with E-state index in [0.717, 1.165) is 16.5 Å². The second-order valence-electron chi connectivity index (χ2n) is 4.95. The number of carboxylic acids is 1. The number of rotatable bonds is 5. The SMILES string of the molecule is Cc1cc2c(CC(=O)O)cn(CCCO)c2cc1C. The van der Waals surface area contributed by atoms with Gasteiger partial charge >= 0.3 is 5.97 Å². The van der Waals surface area contributed by atoms with Crippen molar-refractivity contribution in [2.24, 2.45) is 0 Å². The van der Waals surface area contributed by atoms with Gasteiger partial charge in [-0.25, -0.2) is 0 Å². The average molecular weight is 261 g/mol. The van der Waals surface area contributed by atoms with Crippen LogP contribution in [0.1, 0.15) is 23.1 Å². The van der Waals surface area contributed by atoms with Gasteiger partial charge in [0.25, 0.3) is 0 Å². The van der Waals surface area contributed by atoms with Gasteiger partial charge in [0.1, 0.15) is 0 Å².